The van der Waals surface area contributed by atoms with Crippen LogP contribution in [0.15, 0.2) is 24.3 Å². The van der Waals surface area contributed by atoms with Gasteiger partial charge in [0.1, 0.15) is 0 Å². The molecule has 1 fully saturated rings. The fourth-order valence-electron chi connectivity index (χ4n) is 2.20. The van der Waals surface area contributed by atoms with Gasteiger partial charge >= 0.3 is 0 Å². The van der Waals surface area contributed by atoms with Crippen LogP contribution in [0.25, 0.3) is 0 Å². The van der Waals surface area contributed by atoms with Crippen molar-refractivity contribution in [2.45, 2.75) is 38.2 Å². The topological polar surface area (TPSA) is 29.5 Å². The highest BCUT2D eigenvalue weighted by molar-refractivity contribution is 5.23. The van der Waals surface area contributed by atoms with Crippen LogP contribution in [0.5, 0.6) is 0 Å². The first-order valence-corrected chi connectivity index (χ1v) is 6.10. The average Bonchev–Trinajstić information content (AvgIpc) is 2.30. The Morgan fingerprint density at radius 1 is 1.12 bits per heavy atom. The van der Waals surface area contributed by atoms with Gasteiger partial charge < -0.3 is 9.84 Å². The molecule has 0 saturated carbocycles. The molecule has 2 nitrogen and oxygen atoms in total. The van der Waals surface area contributed by atoms with Gasteiger partial charge in [-0.1, -0.05) is 31.2 Å². The lowest BCUT2D eigenvalue weighted by Crippen LogP contribution is -2.38. The molecule has 1 heterocycles. The summed E-state index contributed by atoms with van der Waals surface area (Å²) >= 11 is 0. The Morgan fingerprint density at radius 3 is 2.25 bits per heavy atom. The molecule has 0 atom stereocenters. The van der Waals surface area contributed by atoms with Gasteiger partial charge in [0.25, 0.3) is 0 Å². The molecule has 2 rings (SSSR count). The molecular formula is C14H20O2. The minimum Gasteiger partial charge on any atom is -0.389 e. The van der Waals surface area contributed by atoms with E-state index in [0.717, 1.165) is 25.7 Å². The fraction of sp³-hybridized carbons (Fsp3) is 0.571. The number of aliphatic hydroxyl groups is 1. The zero-order valence-electron chi connectivity index (χ0n) is 9.91. The minimum atomic E-state index is -0.550. The zero-order chi connectivity index (χ0) is 11.4. The van der Waals surface area contributed by atoms with Gasteiger partial charge in [-0.05, 0) is 30.4 Å². The molecule has 0 bridgehead atoms. The van der Waals surface area contributed by atoms with E-state index in [4.69, 9.17) is 4.74 Å². The second-order valence-electron chi connectivity index (χ2n) is 4.68. The summed E-state index contributed by atoms with van der Waals surface area (Å²) in [6.45, 7) is 3.52. The number of hydrogen-bond acceptors (Lipinski definition) is 2. The normalized spacial score (nSPS) is 19.6. The predicted octanol–water partition coefficient (Wildman–Crippen LogP) is 2.33. The van der Waals surface area contributed by atoms with Crippen LogP contribution in [-0.2, 0) is 17.6 Å². The number of aryl methyl sites for hydroxylation is 1. The van der Waals surface area contributed by atoms with Gasteiger partial charge in [-0.3, -0.25) is 0 Å². The van der Waals surface area contributed by atoms with Crippen LogP contribution in [0.2, 0.25) is 0 Å². The molecule has 1 saturated heterocycles. The van der Waals surface area contributed by atoms with Crippen LogP contribution >= 0.6 is 0 Å². The second kappa shape index (κ2) is 4.98. The van der Waals surface area contributed by atoms with E-state index in [-0.39, 0.29) is 0 Å². The Kier molecular flexibility index (Phi) is 3.62. The van der Waals surface area contributed by atoms with E-state index in [1.165, 1.54) is 11.1 Å². The summed E-state index contributed by atoms with van der Waals surface area (Å²) in [5, 5.41) is 10.4. The molecule has 1 aromatic rings. The van der Waals surface area contributed by atoms with E-state index in [0.29, 0.717) is 13.2 Å². The van der Waals surface area contributed by atoms with Crippen molar-refractivity contribution in [3.8, 4) is 0 Å². The fourth-order valence-corrected chi connectivity index (χ4v) is 2.20. The van der Waals surface area contributed by atoms with Gasteiger partial charge in [0, 0.05) is 19.6 Å². The smallest absolute Gasteiger partial charge is 0.0731 e. The van der Waals surface area contributed by atoms with Gasteiger partial charge in [-0.25, -0.2) is 0 Å². The monoisotopic (exact) mass is 220 g/mol. The van der Waals surface area contributed by atoms with Crippen LogP contribution in [-0.4, -0.2) is 23.9 Å². The Labute approximate surface area is 97.3 Å². The van der Waals surface area contributed by atoms with Crippen molar-refractivity contribution in [3.05, 3.63) is 35.4 Å². The molecule has 0 amide bonds. The van der Waals surface area contributed by atoms with Gasteiger partial charge in [0.15, 0.2) is 0 Å². The molecule has 0 unspecified atom stereocenters. The third-order valence-corrected chi connectivity index (χ3v) is 3.39. The molecule has 0 spiro atoms. The number of hydrogen-bond donors (Lipinski definition) is 1. The highest BCUT2D eigenvalue weighted by Crippen LogP contribution is 2.25. The second-order valence-corrected chi connectivity index (χ2v) is 4.68. The van der Waals surface area contributed by atoms with Gasteiger partial charge in [-0.15, -0.1) is 0 Å². The average molecular weight is 220 g/mol. The van der Waals surface area contributed by atoms with E-state index >= 15 is 0 Å². The van der Waals surface area contributed by atoms with Crippen molar-refractivity contribution in [1.82, 2.24) is 0 Å². The molecule has 2 heteroatoms. The Hall–Kier alpha value is -0.860. The molecule has 1 N–H and O–H groups in total. The van der Waals surface area contributed by atoms with E-state index in [1.807, 2.05) is 0 Å². The van der Waals surface area contributed by atoms with Crippen molar-refractivity contribution < 1.29 is 9.84 Å². The van der Waals surface area contributed by atoms with Crippen LogP contribution in [0.4, 0.5) is 0 Å². The summed E-state index contributed by atoms with van der Waals surface area (Å²) in [6.07, 6.45) is 3.32. The van der Waals surface area contributed by atoms with Gasteiger partial charge in [0.2, 0.25) is 0 Å². The van der Waals surface area contributed by atoms with Crippen LogP contribution in [0, 0.1) is 0 Å². The lowest BCUT2D eigenvalue weighted by molar-refractivity contribution is -0.0625. The molecule has 88 valence electrons. The summed E-state index contributed by atoms with van der Waals surface area (Å²) < 4.78 is 5.28. The molecule has 0 aliphatic carbocycles. The van der Waals surface area contributed by atoms with E-state index in [2.05, 4.69) is 31.2 Å². The summed E-state index contributed by atoms with van der Waals surface area (Å²) in [4.78, 5) is 0. The van der Waals surface area contributed by atoms with Gasteiger partial charge in [-0.2, -0.15) is 0 Å². The molecular weight excluding hydrogens is 200 g/mol. The summed E-state index contributed by atoms with van der Waals surface area (Å²) in [5.74, 6) is 0. The predicted molar refractivity (Wildman–Crippen MR) is 64.5 cm³/mol. The van der Waals surface area contributed by atoms with Crippen molar-refractivity contribution in [2.75, 3.05) is 13.2 Å². The molecule has 16 heavy (non-hydrogen) atoms. The van der Waals surface area contributed by atoms with Crippen molar-refractivity contribution >= 4 is 0 Å². The van der Waals surface area contributed by atoms with Crippen molar-refractivity contribution in [2.24, 2.45) is 0 Å². The summed E-state index contributed by atoms with van der Waals surface area (Å²) in [6, 6.07) is 8.56. The lowest BCUT2D eigenvalue weighted by Gasteiger charge is -2.32. The maximum atomic E-state index is 10.4. The van der Waals surface area contributed by atoms with Crippen LogP contribution in [0.1, 0.15) is 30.9 Å². The SMILES string of the molecule is CCc1ccc(CC2(O)CCOCC2)cc1. The first kappa shape index (κ1) is 11.6. The third-order valence-electron chi connectivity index (χ3n) is 3.39. The van der Waals surface area contributed by atoms with Crippen LogP contribution in [0.3, 0.4) is 0 Å². The number of rotatable bonds is 3. The minimum absolute atomic E-state index is 0.550. The zero-order valence-corrected chi connectivity index (χ0v) is 9.91. The number of ether oxygens (including phenoxy) is 1. The molecule has 0 radical (unpaired) electrons. The Morgan fingerprint density at radius 2 is 1.69 bits per heavy atom. The maximum absolute atomic E-state index is 10.4. The van der Waals surface area contributed by atoms with Gasteiger partial charge in [0.05, 0.1) is 5.60 Å². The van der Waals surface area contributed by atoms with Crippen molar-refractivity contribution in [3.63, 3.8) is 0 Å². The lowest BCUT2D eigenvalue weighted by atomic mass is 9.87. The first-order valence-electron chi connectivity index (χ1n) is 6.10. The molecule has 0 aromatic heterocycles. The molecule has 1 aliphatic heterocycles. The van der Waals surface area contributed by atoms with E-state index in [9.17, 15) is 5.11 Å². The van der Waals surface area contributed by atoms with E-state index in [1.54, 1.807) is 0 Å². The summed E-state index contributed by atoms with van der Waals surface area (Å²) in [5.41, 5.74) is 2.02. The number of benzene rings is 1. The maximum Gasteiger partial charge on any atom is 0.0731 e. The highest BCUT2D eigenvalue weighted by Gasteiger charge is 2.29. The van der Waals surface area contributed by atoms with Crippen molar-refractivity contribution in [1.29, 1.82) is 0 Å². The Bertz CT molecular complexity index is 323. The quantitative estimate of drug-likeness (QED) is 0.847. The first-order chi connectivity index (χ1) is 7.72. The largest absolute Gasteiger partial charge is 0.389 e. The Balaban J connectivity index is 2.01. The van der Waals surface area contributed by atoms with Crippen LogP contribution < -0.4 is 0 Å². The molecule has 1 aliphatic rings. The van der Waals surface area contributed by atoms with E-state index < -0.39 is 5.60 Å². The standard InChI is InChI=1S/C14H20O2/c1-2-12-3-5-13(6-4-12)11-14(15)7-9-16-10-8-14/h3-6,15H,2,7-11H2,1H3. The third kappa shape index (κ3) is 2.83. The highest BCUT2D eigenvalue weighted by atomic mass is 16.5. The summed E-state index contributed by atoms with van der Waals surface area (Å²) in [7, 11) is 0. The molecule has 1 aromatic carbocycles.